The summed E-state index contributed by atoms with van der Waals surface area (Å²) in [5, 5.41) is 3.22. The van der Waals surface area contributed by atoms with Crippen molar-refractivity contribution in [1.82, 2.24) is 4.90 Å². The highest BCUT2D eigenvalue weighted by molar-refractivity contribution is 6.36. The molecule has 0 spiro atoms. The molecule has 0 aromatic heterocycles. The maximum atomic E-state index is 13.4. The van der Waals surface area contributed by atoms with Crippen LogP contribution < -0.4 is 10.1 Å². The van der Waals surface area contributed by atoms with Gasteiger partial charge < -0.3 is 10.1 Å². The van der Waals surface area contributed by atoms with Crippen LogP contribution in [0, 0.1) is 6.92 Å². The Balaban J connectivity index is 1.64. The number of hydrogen-bond donors (Lipinski definition) is 1. The molecule has 33 heavy (non-hydrogen) atoms. The number of benzene rings is 3. The number of rotatable bonds is 9. The maximum Gasteiger partial charge on any atom is 0.278 e. The number of nitrogens with zero attached hydrogens (tertiary/aromatic N) is 1. The SMILES string of the molecule is CCCOc1ccc(C2=C(Nc3cccc(C)c3)C(=O)N(CCc3ccccc3)C2=O)cc1. The molecule has 3 aromatic rings. The monoisotopic (exact) mass is 440 g/mol. The lowest BCUT2D eigenvalue weighted by Crippen LogP contribution is -2.34. The maximum absolute atomic E-state index is 13.4. The summed E-state index contributed by atoms with van der Waals surface area (Å²) in [7, 11) is 0. The highest BCUT2D eigenvalue weighted by atomic mass is 16.5. The fourth-order valence-corrected chi connectivity index (χ4v) is 3.85. The van der Waals surface area contributed by atoms with Crippen LogP contribution in [0.3, 0.4) is 0 Å². The second-order valence-electron chi connectivity index (χ2n) is 8.11. The van der Waals surface area contributed by atoms with Crippen LogP contribution in [0.5, 0.6) is 5.75 Å². The van der Waals surface area contributed by atoms with Crippen molar-refractivity contribution in [3.8, 4) is 5.75 Å². The van der Waals surface area contributed by atoms with Crippen molar-refractivity contribution < 1.29 is 14.3 Å². The van der Waals surface area contributed by atoms with Gasteiger partial charge in [0.15, 0.2) is 0 Å². The topological polar surface area (TPSA) is 58.6 Å². The molecule has 1 heterocycles. The zero-order valence-corrected chi connectivity index (χ0v) is 19.0. The lowest BCUT2D eigenvalue weighted by atomic mass is 10.0. The van der Waals surface area contributed by atoms with E-state index in [0.29, 0.717) is 36.4 Å². The molecule has 1 aliphatic rings. The summed E-state index contributed by atoms with van der Waals surface area (Å²) in [5.41, 5.74) is 4.30. The Morgan fingerprint density at radius 1 is 0.879 bits per heavy atom. The van der Waals surface area contributed by atoms with E-state index < -0.39 is 0 Å². The Morgan fingerprint density at radius 2 is 1.64 bits per heavy atom. The number of carbonyl (C=O) groups is 2. The minimum absolute atomic E-state index is 0.284. The predicted molar refractivity (Wildman–Crippen MR) is 131 cm³/mol. The largest absolute Gasteiger partial charge is 0.494 e. The first-order valence-electron chi connectivity index (χ1n) is 11.3. The van der Waals surface area contributed by atoms with E-state index in [-0.39, 0.29) is 11.8 Å². The van der Waals surface area contributed by atoms with Crippen LogP contribution in [-0.4, -0.2) is 29.9 Å². The number of carbonyl (C=O) groups excluding carboxylic acids is 2. The van der Waals surface area contributed by atoms with Crippen molar-refractivity contribution in [2.45, 2.75) is 26.7 Å². The van der Waals surface area contributed by atoms with Gasteiger partial charge in [0.25, 0.3) is 11.8 Å². The van der Waals surface area contributed by atoms with Gasteiger partial charge in [0.05, 0.1) is 12.2 Å². The standard InChI is InChI=1S/C28H28N2O3/c1-3-18-33-24-14-12-22(13-15-24)25-26(29-23-11-7-8-20(2)19-23)28(32)30(27(25)31)17-16-21-9-5-4-6-10-21/h4-15,19,29H,3,16-18H2,1-2H3. The van der Waals surface area contributed by atoms with E-state index in [1.807, 2.05) is 85.8 Å². The molecule has 0 aliphatic carbocycles. The zero-order valence-electron chi connectivity index (χ0n) is 19.0. The highest BCUT2D eigenvalue weighted by Gasteiger charge is 2.39. The summed E-state index contributed by atoms with van der Waals surface area (Å²) in [4.78, 5) is 28.2. The van der Waals surface area contributed by atoms with Crippen molar-refractivity contribution in [1.29, 1.82) is 0 Å². The molecule has 0 bridgehead atoms. The second-order valence-corrected chi connectivity index (χ2v) is 8.11. The van der Waals surface area contributed by atoms with E-state index in [1.54, 1.807) is 0 Å². The Kier molecular flexibility index (Phi) is 6.89. The minimum Gasteiger partial charge on any atom is -0.494 e. The van der Waals surface area contributed by atoms with Crippen LogP contribution in [0.2, 0.25) is 0 Å². The van der Waals surface area contributed by atoms with Crippen LogP contribution >= 0.6 is 0 Å². The Bertz CT molecular complexity index is 1170. The number of amides is 2. The summed E-state index contributed by atoms with van der Waals surface area (Å²) in [6, 6.07) is 25.0. The first-order valence-corrected chi connectivity index (χ1v) is 11.3. The van der Waals surface area contributed by atoms with Crippen LogP contribution in [0.4, 0.5) is 5.69 Å². The van der Waals surface area contributed by atoms with E-state index in [0.717, 1.165) is 29.0 Å². The summed E-state index contributed by atoms with van der Waals surface area (Å²) in [6.07, 6.45) is 1.52. The third-order valence-electron chi connectivity index (χ3n) is 5.54. The number of anilines is 1. The molecule has 0 saturated carbocycles. The Morgan fingerprint density at radius 3 is 2.33 bits per heavy atom. The van der Waals surface area contributed by atoms with Crippen molar-refractivity contribution in [2.24, 2.45) is 0 Å². The third kappa shape index (κ3) is 5.14. The number of hydrogen-bond acceptors (Lipinski definition) is 4. The molecule has 0 saturated heterocycles. The number of nitrogens with one attached hydrogen (secondary N) is 1. The molecule has 168 valence electrons. The average molecular weight is 441 g/mol. The smallest absolute Gasteiger partial charge is 0.278 e. The van der Waals surface area contributed by atoms with Gasteiger partial charge in [-0.25, -0.2) is 0 Å². The van der Waals surface area contributed by atoms with Crippen molar-refractivity contribution in [2.75, 3.05) is 18.5 Å². The number of ether oxygens (including phenoxy) is 1. The fraction of sp³-hybridized carbons (Fsp3) is 0.214. The van der Waals surface area contributed by atoms with Crippen molar-refractivity contribution >= 4 is 23.1 Å². The zero-order chi connectivity index (χ0) is 23.2. The first-order chi connectivity index (χ1) is 16.1. The van der Waals surface area contributed by atoms with E-state index in [1.165, 1.54) is 4.90 Å². The predicted octanol–water partition coefficient (Wildman–Crippen LogP) is 5.22. The number of aryl methyl sites for hydroxylation is 1. The van der Waals surface area contributed by atoms with E-state index >= 15 is 0 Å². The van der Waals surface area contributed by atoms with E-state index in [2.05, 4.69) is 12.2 Å². The van der Waals surface area contributed by atoms with Gasteiger partial charge in [-0.05, 0) is 60.7 Å². The van der Waals surface area contributed by atoms with Gasteiger partial charge in [-0.15, -0.1) is 0 Å². The molecule has 0 unspecified atom stereocenters. The molecule has 1 aliphatic heterocycles. The van der Waals surface area contributed by atoms with Crippen LogP contribution in [0.15, 0.2) is 84.6 Å². The van der Waals surface area contributed by atoms with Crippen molar-refractivity contribution in [3.05, 3.63) is 101 Å². The van der Waals surface area contributed by atoms with Gasteiger partial charge in [-0.3, -0.25) is 14.5 Å². The number of imide groups is 1. The van der Waals surface area contributed by atoms with Crippen LogP contribution in [0.25, 0.3) is 5.57 Å². The summed E-state index contributed by atoms with van der Waals surface area (Å²) >= 11 is 0. The molecule has 5 heteroatoms. The van der Waals surface area contributed by atoms with Gasteiger partial charge >= 0.3 is 0 Å². The third-order valence-corrected chi connectivity index (χ3v) is 5.54. The molecular formula is C28H28N2O3. The van der Waals surface area contributed by atoms with Gasteiger partial charge in [-0.1, -0.05) is 61.5 Å². The molecule has 1 N–H and O–H groups in total. The lowest BCUT2D eigenvalue weighted by molar-refractivity contribution is -0.136. The summed E-state index contributed by atoms with van der Waals surface area (Å²) in [6.45, 7) is 4.99. The van der Waals surface area contributed by atoms with Crippen molar-refractivity contribution in [3.63, 3.8) is 0 Å². The lowest BCUT2D eigenvalue weighted by Gasteiger charge is -2.15. The molecule has 5 nitrogen and oxygen atoms in total. The molecule has 3 aromatic carbocycles. The molecular weight excluding hydrogens is 412 g/mol. The Hall–Kier alpha value is -3.86. The quantitative estimate of drug-likeness (QED) is 0.464. The molecule has 4 rings (SSSR count). The van der Waals surface area contributed by atoms with Gasteiger partial charge in [0, 0.05) is 12.2 Å². The molecule has 0 fully saturated rings. The summed E-state index contributed by atoms with van der Waals surface area (Å²) in [5.74, 6) is 0.152. The first kappa shape index (κ1) is 22.3. The van der Waals surface area contributed by atoms with Gasteiger partial charge in [-0.2, -0.15) is 0 Å². The van der Waals surface area contributed by atoms with Gasteiger partial charge in [0.1, 0.15) is 11.4 Å². The molecule has 0 radical (unpaired) electrons. The van der Waals surface area contributed by atoms with E-state index in [4.69, 9.17) is 4.74 Å². The van der Waals surface area contributed by atoms with Gasteiger partial charge in [0.2, 0.25) is 0 Å². The average Bonchev–Trinajstić information content (AvgIpc) is 3.06. The minimum atomic E-state index is -0.307. The summed E-state index contributed by atoms with van der Waals surface area (Å²) < 4.78 is 5.67. The highest BCUT2D eigenvalue weighted by Crippen LogP contribution is 2.31. The fourth-order valence-electron chi connectivity index (χ4n) is 3.85. The second kappa shape index (κ2) is 10.2. The Labute approximate surface area is 194 Å². The normalized spacial score (nSPS) is 13.6. The molecule has 0 atom stereocenters. The molecule has 2 amide bonds. The van der Waals surface area contributed by atoms with Crippen LogP contribution in [-0.2, 0) is 16.0 Å². The van der Waals surface area contributed by atoms with Crippen LogP contribution in [0.1, 0.15) is 30.0 Å². The van der Waals surface area contributed by atoms with E-state index in [9.17, 15) is 9.59 Å².